The number of aryl methyl sites for hydroxylation is 1. The van der Waals surface area contributed by atoms with Crippen LogP contribution in [0.3, 0.4) is 0 Å². The van der Waals surface area contributed by atoms with Crippen LogP contribution in [0, 0.1) is 5.92 Å². The Kier molecular flexibility index (Phi) is 11.6. The number of hydrogen-bond acceptors (Lipinski definition) is 11. The Labute approximate surface area is 346 Å². The molecule has 4 amide bonds. The fourth-order valence-corrected chi connectivity index (χ4v) is 9.35. The molecule has 15 nitrogen and oxygen atoms in total. The fraction of sp³-hybridized carbons (Fsp3) is 0.634. The monoisotopic (exact) mass is 863 g/mol. The van der Waals surface area contributed by atoms with E-state index in [2.05, 4.69) is 20.3 Å². The van der Waals surface area contributed by atoms with Crippen molar-refractivity contribution in [1.29, 1.82) is 0 Å². The molecule has 2 saturated carbocycles. The van der Waals surface area contributed by atoms with E-state index in [4.69, 9.17) is 18.9 Å². The third kappa shape index (κ3) is 8.47. The van der Waals surface area contributed by atoms with E-state index in [1.54, 1.807) is 26.0 Å². The molecule has 3 N–H and O–H groups in total. The molecule has 3 aliphatic heterocycles. The minimum atomic E-state index is -4.94. The van der Waals surface area contributed by atoms with Crippen LogP contribution in [0.25, 0.3) is 10.8 Å². The Morgan fingerprint density at radius 1 is 1.13 bits per heavy atom. The van der Waals surface area contributed by atoms with Crippen LogP contribution in [0.15, 0.2) is 36.4 Å². The Hall–Kier alpha value is -4.65. The minimum Gasteiger partial charge on any atom is -0.477 e. The summed E-state index contributed by atoms with van der Waals surface area (Å²) in [4.78, 5) is 62.6. The van der Waals surface area contributed by atoms with Gasteiger partial charge in [0.2, 0.25) is 39.2 Å². The molecule has 4 heterocycles. The predicted molar refractivity (Wildman–Crippen MR) is 210 cm³/mol. The molecule has 7 rings (SSSR count). The van der Waals surface area contributed by atoms with Gasteiger partial charge < -0.3 is 34.5 Å². The molecule has 19 heteroatoms. The molecular formula is C41H52F3N5O10S. The molecule has 0 radical (unpaired) electrons. The van der Waals surface area contributed by atoms with Crippen LogP contribution in [-0.2, 0) is 40.3 Å². The molecule has 1 aromatic carbocycles. The number of sulfonamides is 1. The zero-order valence-corrected chi connectivity index (χ0v) is 35.0. The van der Waals surface area contributed by atoms with Gasteiger partial charge in [-0.2, -0.15) is 18.2 Å². The molecule has 7 atom stereocenters. The fourth-order valence-electron chi connectivity index (χ4n) is 8.04. The van der Waals surface area contributed by atoms with Gasteiger partial charge in [-0.1, -0.05) is 37.3 Å². The first-order valence-electron chi connectivity index (χ1n) is 20.5. The number of hydrogen-bond donors (Lipinski definition) is 3. The molecule has 60 heavy (non-hydrogen) atoms. The zero-order valence-electron chi connectivity index (χ0n) is 34.2. The SMILES string of the molecule is CC[C@@H]1O[C@H](C)CC/C=C\[C@@H]2C[C@@]2(C(=O)NS(=O)(=O)C2(C)CC2)NC(=O)[C@@H]2C[C@@H](Oc3nc4c(c5ccccc35)CCCO4)CN2C(=O)[C@H]1NC(=O)OC(C)(C)C(F)(F)F. The predicted octanol–water partition coefficient (Wildman–Crippen LogP) is 4.75. The Morgan fingerprint density at radius 2 is 1.85 bits per heavy atom. The molecule has 0 unspecified atom stereocenters. The summed E-state index contributed by atoms with van der Waals surface area (Å²) in [5, 5.41) is 6.64. The third-order valence-corrected chi connectivity index (χ3v) is 14.5. The maximum Gasteiger partial charge on any atom is 0.427 e. The molecule has 2 aromatic rings. The van der Waals surface area contributed by atoms with Crippen LogP contribution in [0.2, 0.25) is 0 Å². The maximum absolute atomic E-state index is 14.9. The highest BCUT2D eigenvalue weighted by atomic mass is 32.2. The second-order valence-corrected chi connectivity index (χ2v) is 19.5. The summed E-state index contributed by atoms with van der Waals surface area (Å²) in [6.45, 7) is 6.50. The lowest BCUT2D eigenvalue weighted by Gasteiger charge is -2.35. The first-order chi connectivity index (χ1) is 28.2. The van der Waals surface area contributed by atoms with Crippen LogP contribution < -0.4 is 24.8 Å². The number of pyridine rings is 1. The molecule has 328 valence electrons. The summed E-state index contributed by atoms with van der Waals surface area (Å²) in [6, 6.07) is 4.43. The van der Waals surface area contributed by atoms with E-state index in [1.807, 2.05) is 24.3 Å². The number of halogens is 3. The second kappa shape index (κ2) is 16.0. The smallest absolute Gasteiger partial charge is 0.427 e. The van der Waals surface area contributed by atoms with E-state index >= 15 is 0 Å². The number of aromatic nitrogens is 1. The van der Waals surface area contributed by atoms with Crippen molar-refractivity contribution >= 4 is 44.6 Å². The van der Waals surface area contributed by atoms with E-state index in [0.717, 1.165) is 28.7 Å². The largest absolute Gasteiger partial charge is 0.477 e. The standard InChI is InChI=1S/C41H52F3N5O10S/c1-6-30-31(45-37(53)59-38(3,4)41(42,43)44)35(51)49-22-25(58-34-28-15-10-9-14-26(28)27-16-11-19-56-33(27)46-34)20-29(49)32(50)47-40(21-24(40)13-8-7-12-23(2)57-30)36(52)48-60(54,55)39(5)17-18-39/h8-10,13-15,23-25,29-31H,6-7,11-12,16-22H2,1-5H3,(H,45,53)(H,47,50)(H,48,52)/b13-8-/t23-,24-,25-,29+,30+,31+,40-/m1/s1. The van der Waals surface area contributed by atoms with Crippen molar-refractivity contribution in [2.75, 3.05) is 13.2 Å². The van der Waals surface area contributed by atoms with Crippen molar-refractivity contribution in [3.8, 4) is 11.8 Å². The van der Waals surface area contributed by atoms with Gasteiger partial charge in [-0.15, -0.1) is 0 Å². The lowest BCUT2D eigenvalue weighted by Crippen LogP contribution is -2.61. The average molecular weight is 864 g/mol. The molecular weight excluding hydrogens is 812 g/mol. The van der Waals surface area contributed by atoms with Crippen molar-refractivity contribution < 1.29 is 59.7 Å². The van der Waals surface area contributed by atoms with Crippen LogP contribution >= 0.6 is 0 Å². The van der Waals surface area contributed by atoms with E-state index in [9.17, 15) is 40.8 Å². The van der Waals surface area contributed by atoms with E-state index in [1.165, 1.54) is 6.92 Å². The summed E-state index contributed by atoms with van der Waals surface area (Å²) in [5.74, 6) is -2.60. The van der Waals surface area contributed by atoms with Crippen LogP contribution in [0.4, 0.5) is 18.0 Å². The minimum absolute atomic E-state index is 0.0773. The van der Waals surface area contributed by atoms with E-state index < -0.39 is 92.2 Å². The van der Waals surface area contributed by atoms with Crippen LogP contribution in [-0.4, -0.2) is 108 Å². The first kappa shape index (κ1) is 43.4. The molecule has 3 fully saturated rings. The number of amides is 4. The van der Waals surface area contributed by atoms with Crippen molar-refractivity contribution in [3.05, 3.63) is 42.0 Å². The summed E-state index contributed by atoms with van der Waals surface area (Å²) < 4.78 is 92.5. The van der Waals surface area contributed by atoms with Crippen molar-refractivity contribution in [3.63, 3.8) is 0 Å². The normalized spacial score (nSPS) is 29.9. The Balaban J connectivity index is 1.25. The Bertz CT molecular complexity index is 2180. The number of carbonyl (C=O) groups excluding carboxylic acids is 4. The van der Waals surface area contributed by atoms with Crippen LogP contribution in [0.1, 0.15) is 91.5 Å². The van der Waals surface area contributed by atoms with E-state index in [-0.39, 0.29) is 31.7 Å². The van der Waals surface area contributed by atoms with Gasteiger partial charge in [0.15, 0.2) is 0 Å². The topological polar surface area (TPSA) is 192 Å². The molecule has 2 aliphatic carbocycles. The summed E-state index contributed by atoms with van der Waals surface area (Å²) in [7, 11) is -4.10. The highest BCUT2D eigenvalue weighted by Crippen LogP contribution is 2.48. The third-order valence-electron chi connectivity index (χ3n) is 12.3. The first-order valence-corrected chi connectivity index (χ1v) is 22.0. The van der Waals surface area contributed by atoms with Gasteiger partial charge in [0.1, 0.15) is 23.7 Å². The summed E-state index contributed by atoms with van der Waals surface area (Å²) >= 11 is 0. The number of fused-ring (bicyclic) bond motifs is 5. The summed E-state index contributed by atoms with van der Waals surface area (Å²) in [6.07, 6.45) is -2.31. The molecule has 0 spiro atoms. The molecule has 1 aromatic heterocycles. The zero-order chi connectivity index (χ0) is 43.4. The Morgan fingerprint density at radius 3 is 2.53 bits per heavy atom. The molecule has 5 aliphatic rings. The number of alkyl halides is 3. The van der Waals surface area contributed by atoms with Crippen molar-refractivity contribution in [1.82, 2.24) is 25.2 Å². The molecule has 0 bridgehead atoms. The number of benzene rings is 1. The number of ether oxygens (including phenoxy) is 4. The number of nitrogens with one attached hydrogen (secondary N) is 3. The van der Waals surface area contributed by atoms with Crippen molar-refractivity contribution in [2.45, 2.75) is 145 Å². The van der Waals surface area contributed by atoms with Gasteiger partial charge in [-0.05, 0) is 90.5 Å². The van der Waals surface area contributed by atoms with Gasteiger partial charge >= 0.3 is 12.3 Å². The number of alkyl carbamates (subject to hydrolysis) is 1. The van der Waals surface area contributed by atoms with Gasteiger partial charge in [-0.3, -0.25) is 19.1 Å². The quantitative estimate of drug-likeness (QED) is 0.311. The van der Waals surface area contributed by atoms with Gasteiger partial charge in [0, 0.05) is 23.3 Å². The lowest BCUT2D eigenvalue weighted by atomic mass is 10.0. The van der Waals surface area contributed by atoms with Crippen LogP contribution in [0.5, 0.6) is 11.8 Å². The van der Waals surface area contributed by atoms with Gasteiger partial charge in [0.05, 0.1) is 30.1 Å². The van der Waals surface area contributed by atoms with Gasteiger partial charge in [-0.25, -0.2) is 13.2 Å². The van der Waals surface area contributed by atoms with Crippen molar-refractivity contribution in [2.24, 2.45) is 5.92 Å². The number of allylic oxidation sites excluding steroid dienone is 1. The number of nitrogens with zero attached hydrogens (tertiary/aromatic N) is 2. The highest BCUT2D eigenvalue weighted by Gasteiger charge is 2.63. The maximum atomic E-state index is 14.9. The lowest BCUT2D eigenvalue weighted by molar-refractivity contribution is -0.244. The number of carbonyl (C=O) groups is 4. The summed E-state index contributed by atoms with van der Waals surface area (Å²) in [5.41, 5.74) is -3.68. The second-order valence-electron chi connectivity index (χ2n) is 17.3. The van der Waals surface area contributed by atoms with E-state index in [0.29, 0.717) is 57.4 Å². The highest BCUT2D eigenvalue weighted by molar-refractivity contribution is 7.91. The molecule has 1 saturated heterocycles. The van der Waals surface area contributed by atoms with Gasteiger partial charge in [0.25, 0.3) is 5.91 Å². The average Bonchev–Trinajstić information content (AvgIpc) is 4.07. The number of rotatable bonds is 8.